The molecular weight excluding hydrogens is 274 g/mol. The van der Waals surface area contributed by atoms with Gasteiger partial charge in [-0.1, -0.05) is 19.9 Å². The van der Waals surface area contributed by atoms with Gasteiger partial charge in [-0.15, -0.1) is 0 Å². The number of aryl methyl sites for hydroxylation is 1. The molecule has 21 heavy (non-hydrogen) atoms. The molecule has 0 aliphatic carbocycles. The minimum absolute atomic E-state index is 0.0899. The van der Waals surface area contributed by atoms with E-state index in [2.05, 4.69) is 20.6 Å². The van der Waals surface area contributed by atoms with Crippen molar-refractivity contribution in [2.45, 2.75) is 26.7 Å². The number of nitrogens with one attached hydrogen (secondary N) is 2. The molecule has 0 spiro atoms. The Morgan fingerprint density at radius 1 is 1.10 bits per heavy atom. The molecular formula is C15H18F2N4. The van der Waals surface area contributed by atoms with Crippen molar-refractivity contribution < 1.29 is 8.78 Å². The lowest BCUT2D eigenvalue weighted by molar-refractivity contribution is 0.584. The first kappa shape index (κ1) is 15.2. The molecule has 0 radical (unpaired) electrons. The van der Waals surface area contributed by atoms with E-state index in [9.17, 15) is 8.78 Å². The highest BCUT2D eigenvalue weighted by Crippen LogP contribution is 2.32. The van der Waals surface area contributed by atoms with E-state index in [1.165, 1.54) is 18.5 Å². The zero-order valence-electron chi connectivity index (χ0n) is 12.5. The monoisotopic (exact) mass is 292 g/mol. The van der Waals surface area contributed by atoms with Gasteiger partial charge in [0, 0.05) is 12.6 Å². The van der Waals surface area contributed by atoms with Gasteiger partial charge in [-0.05, 0) is 24.5 Å². The second-order valence-electron chi connectivity index (χ2n) is 5.07. The van der Waals surface area contributed by atoms with Gasteiger partial charge in [-0.3, -0.25) is 0 Å². The SMILES string of the molecule is CNc1ncnc(Nc2c(F)ccc(C)c2F)c1C(C)C. The third-order valence-corrected chi connectivity index (χ3v) is 3.23. The Morgan fingerprint density at radius 2 is 1.76 bits per heavy atom. The minimum Gasteiger partial charge on any atom is -0.373 e. The van der Waals surface area contributed by atoms with Crippen LogP contribution >= 0.6 is 0 Å². The Labute approximate surface area is 122 Å². The van der Waals surface area contributed by atoms with Crippen LogP contribution < -0.4 is 10.6 Å². The summed E-state index contributed by atoms with van der Waals surface area (Å²) >= 11 is 0. The topological polar surface area (TPSA) is 49.8 Å². The van der Waals surface area contributed by atoms with Gasteiger partial charge in [0.1, 0.15) is 29.5 Å². The number of benzene rings is 1. The molecule has 2 aromatic rings. The Balaban J connectivity index is 2.52. The summed E-state index contributed by atoms with van der Waals surface area (Å²) in [7, 11) is 1.74. The molecule has 0 aliphatic heterocycles. The van der Waals surface area contributed by atoms with Crippen molar-refractivity contribution in [3.8, 4) is 0 Å². The third kappa shape index (κ3) is 2.94. The molecule has 2 rings (SSSR count). The summed E-state index contributed by atoms with van der Waals surface area (Å²) in [6.45, 7) is 5.52. The van der Waals surface area contributed by atoms with Gasteiger partial charge in [0.15, 0.2) is 5.82 Å². The molecule has 112 valence electrons. The van der Waals surface area contributed by atoms with Crippen LogP contribution in [0.5, 0.6) is 0 Å². The van der Waals surface area contributed by atoms with Crippen LogP contribution in [0.1, 0.15) is 30.9 Å². The average molecular weight is 292 g/mol. The Kier molecular flexibility index (Phi) is 4.35. The largest absolute Gasteiger partial charge is 0.373 e. The van der Waals surface area contributed by atoms with Crippen LogP contribution in [0.25, 0.3) is 0 Å². The van der Waals surface area contributed by atoms with Crippen molar-refractivity contribution in [1.82, 2.24) is 9.97 Å². The van der Waals surface area contributed by atoms with E-state index in [-0.39, 0.29) is 11.6 Å². The maximum Gasteiger partial charge on any atom is 0.152 e. The van der Waals surface area contributed by atoms with Crippen molar-refractivity contribution in [2.75, 3.05) is 17.7 Å². The molecule has 1 heterocycles. The quantitative estimate of drug-likeness (QED) is 0.895. The predicted molar refractivity (Wildman–Crippen MR) is 80.0 cm³/mol. The summed E-state index contributed by atoms with van der Waals surface area (Å²) in [5, 5.41) is 5.73. The van der Waals surface area contributed by atoms with Crippen molar-refractivity contribution in [3.63, 3.8) is 0 Å². The Hall–Kier alpha value is -2.24. The fourth-order valence-corrected chi connectivity index (χ4v) is 2.13. The minimum atomic E-state index is -0.655. The highest BCUT2D eigenvalue weighted by Gasteiger charge is 2.18. The number of nitrogens with zero attached hydrogens (tertiary/aromatic N) is 2. The lowest BCUT2D eigenvalue weighted by Gasteiger charge is -2.17. The number of hydrogen-bond donors (Lipinski definition) is 2. The number of hydrogen-bond acceptors (Lipinski definition) is 4. The first-order valence-corrected chi connectivity index (χ1v) is 6.70. The Bertz CT molecular complexity index is 656. The number of anilines is 3. The maximum atomic E-state index is 14.1. The van der Waals surface area contributed by atoms with E-state index in [4.69, 9.17) is 0 Å². The second kappa shape index (κ2) is 6.03. The zero-order chi connectivity index (χ0) is 15.6. The molecule has 1 aromatic heterocycles. The fourth-order valence-electron chi connectivity index (χ4n) is 2.13. The first-order chi connectivity index (χ1) is 9.95. The molecule has 0 aliphatic rings. The van der Waals surface area contributed by atoms with Crippen LogP contribution in [-0.2, 0) is 0 Å². The fraction of sp³-hybridized carbons (Fsp3) is 0.333. The normalized spacial score (nSPS) is 10.8. The standard InChI is InChI=1S/C15H18F2N4/c1-8(2)11-14(18-4)19-7-20-15(11)21-13-10(16)6-5-9(3)12(13)17/h5-8H,1-4H3,(H2,18,19,20,21). The van der Waals surface area contributed by atoms with Crippen LogP contribution in [-0.4, -0.2) is 17.0 Å². The van der Waals surface area contributed by atoms with Crippen molar-refractivity contribution in [1.29, 1.82) is 0 Å². The summed E-state index contributed by atoms with van der Waals surface area (Å²) in [5.41, 5.74) is 0.950. The van der Waals surface area contributed by atoms with Crippen molar-refractivity contribution in [3.05, 3.63) is 41.2 Å². The van der Waals surface area contributed by atoms with Crippen LogP contribution in [0.3, 0.4) is 0 Å². The first-order valence-electron chi connectivity index (χ1n) is 6.70. The number of aromatic nitrogens is 2. The summed E-state index contributed by atoms with van der Waals surface area (Å²) in [4.78, 5) is 8.25. The number of halogens is 2. The third-order valence-electron chi connectivity index (χ3n) is 3.23. The van der Waals surface area contributed by atoms with Gasteiger partial charge in [0.25, 0.3) is 0 Å². The van der Waals surface area contributed by atoms with E-state index in [0.29, 0.717) is 17.2 Å². The molecule has 0 atom stereocenters. The molecule has 4 nitrogen and oxygen atoms in total. The van der Waals surface area contributed by atoms with Gasteiger partial charge >= 0.3 is 0 Å². The zero-order valence-corrected chi connectivity index (χ0v) is 12.5. The summed E-state index contributed by atoms with van der Waals surface area (Å²) in [6.07, 6.45) is 1.35. The number of rotatable bonds is 4. The van der Waals surface area contributed by atoms with Gasteiger partial charge in [-0.25, -0.2) is 18.7 Å². The van der Waals surface area contributed by atoms with Crippen LogP contribution in [0.15, 0.2) is 18.5 Å². The molecule has 0 saturated heterocycles. The van der Waals surface area contributed by atoms with Crippen LogP contribution in [0.2, 0.25) is 0 Å². The lowest BCUT2D eigenvalue weighted by Crippen LogP contribution is -2.08. The van der Waals surface area contributed by atoms with Gasteiger partial charge in [0.2, 0.25) is 0 Å². The van der Waals surface area contributed by atoms with Gasteiger partial charge < -0.3 is 10.6 Å². The average Bonchev–Trinajstić information content (AvgIpc) is 2.47. The van der Waals surface area contributed by atoms with Crippen molar-refractivity contribution in [2.24, 2.45) is 0 Å². The van der Waals surface area contributed by atoms with Crippen LogP contribution in [0.4, 0.5) is 26.1 Å². The van der Waals surface area contributed by atoms with Gasteiger partial charge in [-0.2, -0.15) is 0 Å². The molecule has 1 aromatic carbocycles. The maximum absolute atomic E-state index is 14.1. The van der Waals surface area contributed by atoms with E-state index < -0.39 is 11.6 Å². The van der Waals surface area contributed by atoms with E-state index in [1.54, 1.807) is 14.0 Å². The molecule has 0 amide bonds. The van der Waals surface area contributed by atoms with Crippen LogP contribution in [0, 0.1) is 18.6 Å². The lowest BCUT2D eigenvalue weighted by atomic mass is 10.0. The summed E-state index contributed by atoms with van der Waals surface area (Å²) in [6, 6.07) is 2.63. The summed E-state index contributed by atoms with van der Waals surface area (Å²) < 4.78 is 28.0. The van der Waals surface area contributed by atoms with E-state index >= 15 is 0 Å². The van der Waals surface area contributed by atoms with E-state index in [1.807, 2.05) is 13.8 Å². The molecule has 6 heteroatoms. The smallest absolute Gasteiger partial charge is 0.152 e. The summed E-state index contributed by atoms with van der Waals surface area (Å²) in [5.74, 6) is -0.150. The molecule has 2 N–H and O–H groups in total. The highest BCUT2D eigenvalue weighted by molar-refractivity contribution is 5.66. The van der Waals surface area contributed by atoms with Crippen molar-refractivity contribution >= 4 is 17.3 Å². The molecule has 0 fully saturated rings. The Morgan fingerprint density at radius 3 is 2.38 bits per heavy atom. The highest BCUT2D eigenvalue weighted by atomic mass is 19.1. The van der Waals surface area contributed by atoms with E-state index in [0.717, 1.165) is 5.56 Å². The molecule has 0 saturated carbocycles. The molecule has 0 bridgehead atoms. The van der Waals surface area contributed by atoms with Gasteiger partial charge in [0.05, 0.1) is 0 Å². The predicted octanol–water partition coefficient (Wildman–Crippen LogP) is 3.97. The second-order valence-corrected chi connectivity index (χ2v) is 5.07. The molecule has 0 unspecified atom stereocenters.